The Kier molecular flexibility index (Phi) is 3.85. The summed E-state index contributed by atoms with van der Waals surface area (Å²) in [5.74, 6) is -1.41. The molecule has 2 rings (SSSR count). The standard InChI is InChI=1S/C13H11ClFN3O2/c1-6-3-4-7(8(15)5-6)12-17-10(13(19)20-2)9(14)11(16)18-12/h3-5H,1-2H3,(H2,16,17,18). The van der Waals surface area contributed by atoms with E-state index >= 15 is 0 Å². The van der Waals surface area contributed by atoms with Crippen molar-refractivity contribution >= 4 is 23.4 Å². The Morgan fingerprint density at radius 2 is 2.10 bits per heavy atom. The van der Waals surface area contributed by atoms with Crippen LogP contribution in [0, 0.1) is 12.7 Å². The third-order valence-corrected chi connectivity index (χ3v) is 2.99. The molecule has 1 heterocycles. The van der Waals surface area contributed by atoms with Crippen LogP contribution in [0.15, 0.2) is 18.2 Å². The van der Waals surface area contributed by atoms with Gasteiger partial charge in [0.15, 0.2) is 11.5 Å². The summed E-state index contributed by atoms with van der Waals surface area (Å²) in [5.41, 5.74) is 6.30. The molecule has 0 aliphatic rings. The van der Waals surface area contributed by atoms with Gasteiger partial charge in [-0.15, -0.1) is 0 Å². The highest BCUT2D eigenvalue weighted by molar-refractivity contribution is 6.35. The zero-order chi connectivity index (χ0) is 14.9. The van der Waals surface area contributed by atoms with Crippen molar-refractivity contribution in [1.29, 1.82) is 0 Å². The lowest BCUT2D eigenvalue weighted by Gasteiger charge is -2.08. The van der Waals surface area contributed by atoms with E-state index in [0.29, 0.717) is 0 Å². The van der Waals surface area contributed by atoms with Crippen LogP contribution in [0.3, 0.4) is 0 Å². The minimum atomic E-state index is -0.766. The van der Waals surface area contributed by atoms with Gasteiger partial charge in [-0.2, -0.15) is 0 Å². The number of carbonyl (C=O) groups is 1. The Bertz CT molecular complexity index is 692. The summed E-state index contributed by atoms with van der Waals surface area (Å²) in [4.78, 5) is 19.4. The zero-order valence-corrected chi connectivity index (χ0v) is 11.5. The first-order valence-electron chi connectivity index (χ1n) is 5.62. The Balaban J connectivity index is 2.63. The van der Waals surface area contributed by atoms with Crippen molar-refractivity contribution in [2.45, 2.75) is 6.92 Å². The van der Waals surface area contributed by atoms with Gasteiger partial charge >= 0.3 is 5.97 Å². The number of aromatic nitrogens is 2. The third-order valence-electron chi connectivity index (χ3n) is 2.62. The van der Waals surface area contributed by atoms with E-state index in [1.54, 1.807) is 13.0 Å². The second-order valence-corrected chi connectivity index (χ2v) is 4.45. The van der Waals surface area contributed by atoms with Crippen molar-refractivity contribution in [2.75, 3.05) is 12.8 Å². The number of methoxy groups -OCH3 is 1. The number of nitrogens with two attached hydrogens (primary N) is 1. The summed E-state index contributed by atoms with van der Waals surface area (Å²) in [6.45, 7) is 1.75. The van der Waals surface area contributed by atoms with Crippen LogP contribution in [0.25, 0.3) is 11.4 Å². The average Bonchev–Trinajstić information content (AvgIpc) is 2.41. The summed E-state index contributed by atoms with van der Waals surface area (Å²) >= 11 is 5.85. The number of halogens is 2. The molecule has 0 spiro atoms. The molecule has 7 heteroatoms. The molecule has 1 aromatic heterocycles. The van der Waals surface area contributed by atoms with Crippen LogP contribution in [-0.2, 0) is 4.74 Å². The van der Waals surface area contributed by atoms with Gasteiger partial charge < -0.3 is 10.5 Å². The topological polar surface area (TPSA) is 78.1 Å². The van der Waals surface area contributed by atoms with Crippen molar-refractivity contribution in [3.8, 4) is 11.4 Å². The number of carbonyl (C=O) groups excluding carboxylic acids is 1. The van der Waals surface area contributed by atoms with Crippen LogP contribution in [0.4, 0.5) is 10.2 Å². The van der Waals surface area contributed by atoms with Crippen LogP contribution in [0.1, 0.15) is 16.1 Å². The summed E-state index contributed by atoms with van der Waals surface area (Å²) in [6.07, 6.45) is 0. The van der Waals surface area contributed by atoms with Gasteiger partial charge in [-0.3, -0.25) is 0 Å². The number of esters is 1. The highest BCUT2D eigenvalue weighted by Gasteiger charge is 2.20. The normalized spacial score (nSPS) is 10.4. The Labute approximate surface area is 119 Å². The van der Waals surface area contributed by atoms with Crippen molar-refractivity contribution in [3.63, 3.8) is 0 Å². The molecule has 0 aliphatic carbocycles. The Hall–Kier alpha value is -2.21. The predicted octanol–water partition coefficient (Wildman–Crippen LogP) is 2.61. The molecule has 0 unspecified atom stereocenters. The molecule has 0 saturated heterocycles. The molecule has 0 amide bonds. The molecule has 5 nitrogen and oxygen atoms in total. The Morgan fingerprint density at radius 3 is 2.70 bits per heavy atom. The fourth-order valence-electron chi connectivity index (χ4n) is 1.62. The van der Waals surface area contributed by atoms with Crippen molar-refractivity contribution < 1.29 is 13.9 Å². The van der Waals surface area contributed by atoms with Crippen molar-refractivity contribution in [2.24, 2.45) is 0 Å². The lowest BCUT2D eigenvalue weighted by atomic mass is 10.1. The number of hydrogen-bond acceptors (Lipinski definition) is 5. The largest absolute Gasteiger partial charge is 0.464 e. The predicted molar refractivity (Wildman–Crippen MR) is 72.9 cm³/mol. The fraction of sp³-hybridized carbons (Fsp3) is 0.154. The smallest absolute Gasteiger partial charge is 0.358 e. The molecule has 20 heavy (non-hydrogen) atoms. The van der Waals surface area contributed by atoms with E-state index in [9.17, 15) is 9.18 Å². The quantitative estimate of drug-likeness (QED) is 0.862. The fourth-order valence-corrected chi connectivity index (χ4v) is 1.78. The highest BCUT2D eigenvalue weighted by atomic mass is 35.5. The number of nitrogens with zero attached hydrogens (tertiary/aromatic N) is 2. The van der Waals surface area contributed by atoms with Gasteiger partial charge in [-0.1, -0.05) is 17.7 Å². The van der Waals surface area contributed by atoms with E-state index in [1.807, 2.05) is 0 Å². The van der Waals surface area contributed by atoms with E-state index in [1.165, 1.54) is 19.2 Å². The van der Waals surface area contributed by atoms with Gasteiger partial charge in [-0.05, 0) is 24.6 Å². The van der Waals surface area contributed by atoms with Gasteiger partial charge in [0, 0.05) is 0 Å². The van der Waals surface area contributed by atoms with Gasteiger partial charge in [0.25, 0.3) is 0 Å². The first-order valence-corrected chi connectivity index (χ1v) is 5.99. The maximum atomic E-state index is 13.9. The average molecular weight is 296 g/mol. The number of aryl methyl sites for hydroxylation is 1. The lowest BCUT2D eigenvalue weighted by Crippen LogP contribution is -2.10. The molecule has 2 aromatic rings. The maximum Gasteiger partial charge on any atom is 0.358 e. The third kappa shape index (κ3) is 2.55. The molecule has 0 radical (unpaired) electrons. The number of rotatable bonds is 2. The molecule has 2 N–H and O–H groups in total. The van der Waals surface area contributed by atoms with E-state index in [2.05, 4.69) is 14.7 Å². The van der Waals surface area contributed by atoms with Gasteiger partial charge in [-0.25, -0.2) is 19.2 Å². The molecule has 0 saturated carbocycles. The van der Waals surface area contributed by atoms with Crippen LogP contribution in [0.2, 0.25) is 5.02 Å². The van der Waals surface area contributed by atoms with Crippen molar-refractivity contribution in [1.82, 2.24) is 9.97 Å². The van der Waals surface area contributed by atoms with E-state index in [0.717, 1.165) is 5.56 Å². The zero-order valence-electron chi connectivity index (χ0n) is 10.8. The van der Waals surface area contributed by atoms with Crippen LogP contribution < -0.4 is 5.73 Å². The monoisotopic (exact) mass is 295 g/mol. The number of nitrogen functional groups attached to an aromatic ring is 1. The molecule has 1 aromatic carbocycles. The number of ether oxygens (including phenoxy) is 1. The molecule has 0 bridgehead atoms. The number of hydrogen-bond donors (Lipinski definition) is 1. The molecule has 0 atom stereocenters. The summed E-state index contributed by atoms with van der Waals surface area (Å²) in [7, 11) is 1.18. The molecular weight excluding hydrogens is 285 g/mol. The molecule has 0 aliphatic heterocycles. The minimum Gasteiger partial charge on any atom is -0.464 e. The van der Waals surface area contributed by atoms with Crippen LogP contribution in [-0.4, -0.2) is 23.0 Å². The highest BCUT2D eigenvalue weighted by Crippen LogP contribution is 2.27. The van der Waals surface area contributed by atoms with Crippen LogP contribution in [0.5, 0.6) is 0 Å². The second kappa shape index (κ2) is 5.42. The molecule has 0 fully saturated rings. The number of anilines is 1. The molecular formula is C13H11ClFN3O2. The first-order chi connectivity index (χ1) is 9.43. The van der Waals surface area contributed by atoms with Gasteiger partial charge in [0.1, 0.15) is 16.7 Å². The minimum absolute atomic E-state index is 0.0233. The van der Waals surface area contributed by atoms with E-state index in [4.69, 9.17) is 17.3 Å². The summed E-state index contributed by atoms with van der Waals surface area (Å²) < 4.78 is 18.5. The SMILES string of the molecule is COC(=O)c1nc(-c2ccc(C)cc2F)nc(N)c1Cl. The summed E-state index contributed by atoms with van der Waals surface area (Å²) in [5, 5.41) is -0.117. The van der Waals surface area contributed by atoms with Crippen molar-refractivity contribution in [3.05, 3.63) is 40.3 Å². The van der Waals surface area contributed by atoms with Crippen LogP contribution >= 0.6 is 11.6 Å². The maximum absolute atomic E-state index is 13.9. The Morgan fingerprint density at radius 1 is 1.40 bits per heavy atom. The van der Waals surface area contributed by atoms with E-state index < -0.39 is 11.8 Å². The summed E-state index contributed by atoms with van der Waals surface area (Å²) in [6, 6.07) is 4.54. The van der Waals surface area contributed by atoms with E-state index in [-0.39, 0.29) is 27.9 Å². The second-order valence-electron chi connectivity index (χ2n) is 4.07. The molecule has 104 valence electrons. The van der Waals surface area contributed by atoms with Gasteiger partial charge in [0.2, 0.25) is 0 Å². The van der Waals surface area contributed by atoms with Gasteiger partial charge in [0.05, 0.1) is 12.7 Å². The lowest BCUT2D eigenvalue weighted by molar-refractivity contribution is 0.0594. The number of benzene rings is 1. The first kappa shape index (κ1) is 14.2.